The van der Waals surface area contributed by atoms with Crippen LogP contribution in [0.5, 0.6) is 0 Å². The van der Waals surface area contributed by atoms with E-state index in [2.05, 4.69) is 0 Å². The summed E-state index contributed by atoms with van der Waals surface area (Å²) in [4.78, 5) is 0. The zero-order valence-electron chi connectivity index (χ0n) is 6.02. The molecule has 0 fully saturated rings. The van der Waals surface area contributed by atoms with Gasteiger partial charge in [0.25, 0.3) is 0 Å². The highest BCUT2D eigenvalue weighted by atomic mass is 16.3. The van der Waals surface area contributed by atoms with Crippen LogP contribution < -0.4 is 12.3 Å². The lowest BCUT2D eigenvalue weighted by Gasteiger charge is -2.04. The minimum absolute atomic E-state index is 0. The Hall–Kier alpha value is -0.120. The van der Waals surface area contributed by atoms with Gasteiger partial charge in [-0.3, -0.25) is 0 Å². The fourth-order valence-electron chi connectivity index (χ4n) is 0. The van der Waals surface area contributed by atoms with E-state index in [0.29, 0.717) is 5.92 Å². The van der Waals surface area contributed by atoms with Gasteiger partial charge in [-0.05, 0) is 12.8 Å². The zero-order chi connectivity index (χ0) is 5.15. The largest absolute Gasteiger partial charge is 0.393 e. The second-order valence-electron chi connectivity index (χ2n) is 1.98. The van der Waals surface area contributed by atoms with Gasteiger partial charge in [-0.1, -0.05) is 13.8 Å². The monoisotopic (exact) mass is 122 g/mol. The van der Waals surface area contributed by atoms with Crippen molar-refractivity contribution in [3.8, 4) is 0 Å². The molecule has 1 atom stereocenters. The van der Waals surface area contributed by atoms with Crippen molar-refractivity contribution in [2.75, 3.05) is 0 Å². The Morgan fingerprint density at radius 3 is 1.12 bits per heavy atom. The molecular weight excluding hydrogens is 104 g/mol. The van der Waals surface area contributed by atoms with Crippen LogP contribution in [0, 0.1) is 5.92 Å². The van der Waals surface area contributed by atoms with Gasteiger partial charge < -0.3 is 17.4 Å². The summed E-state index contributed by atoms with van der Waals surface area (Å²) in [5.74, 6) is 0.407. The molecule has 0 heterocycles. The van der Waals surface area contributed by atoms with Gasteiger partial charge in [-0.25, -0.2) is 0 Å². The van der Waals surface area contributed by atoms with Gasteiger partial charge in [0.15, 0.2) is 0 Å². The third-order valence-corrected chi connectivity index (χ3v) is 0.965. The predicted octanol–water partition coefficient (Wildman–Crippen LogP) is 1.35. The fourth-order valence-corrected chi connectivity index (χ4v) is 0. The molecule has 0 aliphatic rings. The highest BCUT2D eigenvalue weighted by molar-refractivity contribution is 4.48. The molecule has 0 aliphatic carbocycles. The lowest BCUT2D eigenvalue weighted by atomic mass is 10.1. The zero-order valence-corrected chi connectivity index (χ0v) is 6.02. The second kappa shape index (κ2) is 6.88. The summed E-state index contributed by atoms with van der Waals surface area (Å²) in [5, 5.41) is 8.63. The number of rotatable bonds is 1. The van der Waals surface area contributed by atoms with Crippen molar-refractivity contribution in [1.29, 1.82) is 0 Å². The van der Waals surface area contributed by atoms with Gasteiger partial charge in [0.2, 0.25) is 0 Å². The highest BCUT2D eigenvalue weighted by Gasteiger charge is 1.97. The molecule has 8 heavy (non-hydrogen) atoms. The van der Waals surface area contributed by atoms with E-state index in [0.717, 1.165) is 0 Å². The Bertz CT molecular complexity index is 31.4. The molecular formula is C5H18N2O. The highest BCUT2D eigenvalue weighted by Crippen LogP contribution is 1.96. The van der Waals surface area contributed by atoms with E-state index < -0.39 is 0 Å². The van der Waals surface area contributed by atoms with Crippen LogP contribution in [0.1, 0.15) is 20.8 Å². The fraction of sp³-hybridized carbons (Fsp3) is 1.00. The molecule has 0 saturated heterocycles. The predicted molar refractivity (Wildman–Crippen MR) is 36.6 cm³/mol. The van der Waals surface area contributed by atoms with E-state index in [9.17, 15) is 0 Å². The molecule has 0 saturated carbocycles. The third kappa shape index (κ3) is 9.30. The van der Waals surface area contributed by atoms with Crippen molar-refractivity contribution < 1.29 is 5.11 Å². The van der Waals surface area contributed by atoms with Gasteiger partial charge in [0, 0.05) is 0 Å². The molecule has 3 nitrogen and oxygen atoms in total. The SMILES string of the molecule is CC(C)C(C)O.N.N. The molecule has 0 radical (unpaired) electrons. The molecule has 0 aliphatic heterocycles. The van der Waals surface area contributed by atoms with Gasteiger partial charge in [-0.2, -0.15) is 0 Å². The summed E-state index contributed by atoms with van der Waals surface area (Å²) < 4.78 is 0. The molecule has 1 unspecified atom stereocenters. The molecule has 0 aromatic carbocycles. The molecule has 3 heteroatoms. The minimum atomic E-state index is -0.148. The normalized spacial score (nSPS) is 11.6. The van der Waals surface area contributed by atoms with Gasteiger partial charge in [-0.15, -0.1) is 0 Å². The van der Waals surface area contributed by atoms with Crippen LogP contribution >= 0.6 is 0 Å². The van der Waals surface area contributed by atoms with Crippen LogP contribution in [0.3, 0.4) is 0 Å². The van der Waals surface area contributed by atoms with Gasteiger partial charge in [0.05, 0.1) is 6.10 Å². The first kappa shape index (κ1) is 15.7. The van der Waals surface area contributed by atoms with E-state index in [1.807, 2.05) is 13.8 Å². The Morgan fingerprint density at radius 2 is 1.12 bits per heavy atom. The maximum Gasteiger partial charge on any atom is 0.0535 e. The summed E-state index contributed by atoms with van der Waals surface area (Å²) in [6.07, 6.45) is -0.148. The number of hydrogen-bond acceptors (Lipinski definition) is 3. The summed E-state index contributed by atoms with van der Waals surface area (Å²) in [7, 11) is 0. The van der Waals surface area contributed by atoms with Crippen molar-refractivity contribution in [2.45, 2.75) is 26.9 Å². The van der Waals surface area contributed by atoms with E-state index in [-0.39, 0.29) is 18.4 Å². The van der Waals surface area contributed by atoms with Crippen LogP contribution in [0.4, 0.5) is 0 Å². The average Bonchev–Trinajstić information content (AvgIpc) is 1.36. The first-order valence-corrected chi connectivity index (χ1v) is 2.32. The molecule has 0 aromatic rings. The van der Waals surface area contributed by atoms with Gasteiger partial charge in [0.1, 0.15) is 0 Å². The Morgan fingerprint density at radius 1 is 1.00 bits per heavy atom. The summed E-state index contributed by atoms with van der Waals surface area (Å²) in [5.41, 5.74) is 0. The molecule has 0 bridgehead atoms. The molecule has 7 N–H and O–H groups in total. The van der Waals surface area contributed by atoms with E-state index in [4.69, 9.17) is 5.11 Å². The van der Waals surface area contributed by atoms with Crippen LogP contribution in [0.25, 0.3) is 0 Å². The average molecular weight is 122 g/mol. The Labute approximate surface area is 51.3 Å². The van der Waals surface area contributed by atoms with Crippen LogP contribution in [-0.4, -0.2) is 11.2 Å². The Kier molecular flexibility index (Phi) is 13.5. The van der Waals surface area contributed by atoms with Crippen molar-refractivity contribution in [3.05, 3.63) is 0 Å². The summed E-state index contributed by atoms with van der Waals surface area (Å²) in [6.45, 7) is 5.78. The molecule has 0 rings (SSSR count). The van der Waals surface area contributed by atoms with E-state index in [1.165, 1.54) is 0 Å². The van der Waals surface area contributed by atoms with E-state index >= 15 is 0 Å². The minimum Gasteiger partial charge on any atom is -0.393 e. The molecule has 0 aromatic heterocycles. The van der Waals surface area contributed by atoms with Crippen LogP contribution in [0.2, 0.25) is 0 Å². The van der Waals surface area contributed by atoms with Crippen molar-refractivity contribution in [3.63, 3.8) is 0 Å². The Balaban J connectivity index is -0.000000125. The summed E-state index contributed by atoms with van der Waals surface area (Å²) >= 11 is 0. The quantitative estimate of drug-likeness (QED) is 0.490. The second-order valence-corrected chi connectivity index (χ2v) is 1.98. The lowest BCUT2D eigenvalue weighted by Crippen LogP contribution is -2.07. The lowest BCUT2D eigenvalue weighted by molar-refractivity contribution is 0.144. The number of aliphatic hydroxyl groups excluding tert-OH is 1. The van der Waals surface area contributed by atoms with Gasteiger partial charge >= 0.3 is 0 Å². The van der Waals surface area contributed by atoms with Crippen molar-refractivity contribution in [1.82, 2.24) is 12.3 Å². The first-order valence-electron chi connectivity index (χ1n) is 2.32. The van der Waals surface area contributed by atoms with Crippen LogP contribution in [0.15, 0.2) is 0 Å². The summed E-state index contributed by atoms with van der Waals surface area (Å²) in [6, 6.07) is 0. The number of aliphatic hydroxyl groups is 1. The topological polar surface area (TPSA) is 90.2 Å². The maximum absolute atomic E-state index is 8.63. The number of hydrogen-bond donors (Lipinski definition) is 3. The van der Waals surface area contributed by atoms with E-state index in [1.54, 1.807) is 6.92 Å². The molecule has 0 amide bonds. The van der Waals surface area contributed by atoms with Crippen LogP contribution in [-0.2, 0) is 0 Å². The molecule has 54 valence electrons. The molecule has 0 spiro atoms. The van der Waals surface area contributed by atoms with Crippen molar-refractivity contribution in [2.24, 2.45) is 5.92 Å². The standard InChI is InChI=1S/C5H12O.2H3N/c1-4(2)5(3)6;;/h4-6H,1-3H3;2*1H3. The maximum atomic E-state index is 8.63. The van der Waals surface area contributed by atoms with Crippen molar-refractivity contribution >= 4 is 0 Å². The third-order valence-electron chi connectivity index (χ3n) is 0.965. The smallest absolute Gasteiger partial charge is 0.0535 e. The first-order chi connectivity index (χ1) is 2.64.